The van der Waals surface area contributed by atoms with E-state index in [-0.39, 0.29) is 0 Å². The highest BCUT2D eigenvalue weighted by molar-refractivity contribution is 4.77. The van der Waals surface area contributed by atoms with Crippen LogP contribution in [0.1, 0.15) is 105 Å². The van der Waals surface area contributed by atoms with Crippen molar-refractivity contribution in [3.05, 3.63) is 0 Å². The van der Waals surface area contributed by atoms with Gasteiger partial charge in [0.1, 0.15) is 0 Å². The van der Waals surface area contributed by atoms with Gasteiger partial charge in [0.05, 0.1) is 6.17 Å². The largest absolute Gasteiger partial charge is 0.302 e. The molecular weight excluding hydrogens is 304 g/mol. The molecule has 1 saturated carbocycles. The minimum Gasteiger partial charge on any atom is -0.302 e. The van der Waals surface area contributed by atoms with E-state index < -0.39 is 0 Å². The molecule has 1 aliphatic rings. The molecule has 150 valence electrons. The number of hydrogen-bond donors (Lipinski definition) is 1. The topological polar surface area (TPSA) is 15.3 Å². The molecule has 25 heavy (non-hydrogen) atoms. The second-order valence-corrected chi connectivity index (χ2v) is 8.88. The van der Waals surface area contributed by atoms with Crippen molar-refractivity contribution < 1.29 is 0 Å². The van der Waals surface area contributed by atoms with E-state index >= 15 is 0 Å². The standard InChI is InChI=1S/C23H48N2/c1-6-9-10-11-12-16-24-23(17-20(4)7-2)25(5)19-21(8-3)18-22-14-13-15-22/h20-24H,6-19H2,1-5H3. The molecular formula is C23H48N2. The maximum absolute atomic E-state index is 3.90. The van der Waals surface area contributed by atoms with E-state index in [1.54, 1.807) is 0 Å². The second-order valence-electron chi connectivity index (χ2n) is 8.88. The first-order valence-corrected chi connectivity index (χ1v) is 11.5. The van der Waals surface area contributed by atoms with Crippen molar-refractivity contribution in [2.75, 3.05) is 20.1 Å². The first-order valence-electron chi connectivity index (χ1n) is 11.5. The molecule has 0 aromatic carbocycles. The molecule has 1 aliphatic carbocycles. The molecule has 1 fully saturated rings. The highest BCUT2D eigenvalue weighted by Crippen LogP contribution is 2.33. The van der Waals surface area contributed by atoms with Gasteiger partial charge in [0.25, 0.3) is 0 Å². The lowest BCUT2D eigenvalue weighted by Gasteiger charge is -2.36. The van der Waals surface area contributed by atoms with E-state index in [0.717, 1.165) is 17.8 Å². The van der Waals surface area contributed by atoms with Crippen LogP contribution in [0.25, 0.3) is 0 Å². The van der Waals surface area contributed by atoms with Gasteiger partial charge < -0.3 is 5.32 Å². The molecule has 3 atom stereocenters. The Morgan fingerprint density at radius 3 is 2.28 bits per heavy atom. The van der Waals surface area contributed by atoms with Crippen LogP contribution in [0, 0.1) is 17.8 Å². The summed E-state index contributed by atoms with van der Waals surface area (Å²) in [5.74, 6) is 2.74. The van der Waals surface area contributed by atoms with E-state index in [0.29, 0.717) is 6.17 Å². The fourth-order valence-electron chi connectivity index (χ4n) is 4.07. The van der Waals surface area contributed by atoms with Crippen LogP contribution >= 0.6 is 0 Å². The minimum absolute atomic E-state index is 0.566. The van der Waals surface area contributed by atoms with Gasteiger partial charge in [0, 0.05) is 6.54 Å². The molecule has 0 aliphatic heterocycles. The highest BCUT2D eigenvalue weighted by atomic mass is 15.2. The van der Waals surface area contributed by atoms with Crippen LogP contribution in [0.4, 0.5) is 0 Å². The Hall–Kier alpha value is -0.0800. The molecule has 1 rings (SSSR count). The van der Waals surface area contributed by atoms with Crippen LogP contribution < -0.4 is 5.32 Å². The van der Waals surface area contributed by atoms with Gasteiger partial charge in [-0.1, -0.05) is 85.5 Å². The zero-order valence-electron chi connectivity index (χ0n) is 18.2. The Labute approximate surface area is 159 Å². The quantitative estimate of drug-likeness (QED) is 0.253. The summed E-state index contributed by atoms with van der Waals surface area (Å²) in [6.45, 7) is 11.9. The lowest BCUT2D eigenvalue weighted by Crippen LogP contribution is -2.47. The summed E-state index contributed by atoms with van der Waals surface area (Å²) < 4.78 is 0. The third kappa shape index (κ3) is 9.99. The number of unbranched alkanes of at least 4 members (excludes halogenated alkanes) is 4. The zero-order chi connectivity index (χ0) is 18.5. The van der Waals surface area contributed by atoms with Gasteiger partial charge in [-0.05, 0) is 50.6 Å². The summed E-state index contributed by atoms with van der Waals surface area (Å²) in [5, 5.41) is 3.90. The van der Waals surface area contributed by atoms with Gasteiger partial charge in [0.15, 0.2) is 0 Å². The summed E-state index contributed by atoms with van der Waals surface area (Å²) in [7, 11) is 2.36. The van der Waals surface area contributed by atoms with E-state index in [9.17, 15) is 0 Å². The van der Waals surface area contributed by atoms with Crippen LogP contribution in [-0.2, 0) is 0 Å². The van der Waals surface area contributed by atoms with Crippen LogP contribution in [0.5, 0.6) is 0 Å². The summed E-state index contributed by atoms with van der Waals surface area (Å²) in [5.41, 5.74) is 0. The van der Waals surface area contributed by atoms with Crippen molar-refractivity contribution in [2.45, 2.75) is 111 Å². The van der Waals surface area contributed by atoms with E-state index in [1.165, 1.54) is 90.1 Å². The molecule has 0 bridgehead atoms. The second kappa shape index (κ2) is 14.0. The minimum atomic E-state index is 0.566. The van der Waals surface area contributed by atoms with Gasteiger partial charge in [0.2, 0.25) is 0 Å². The van der Waals surface area contributed by atoms with Gasteiger partial charge in [-0.2, -0.15) is 0 Å². The number of nitrogens with zero attached hydrogens (tertiary/aromatic N) is 1. The molecule has 0 amide bonds. The highest BCUT2D eigenvalue weighted by Gasteiger charge is 2.24. The molecule has 0 aromatic heterocycles. The average Bonchev–Trinajstić information content (AvgIpc) is 2.58. The monoisotopic (exact) mass is 352 g/mol. The predicted molar refractivity (Wildman–Crippen MR) is 113 cm³/mol. The Morgan fingerprint density at radius 1 is 1.00 bits per heavy atom. The number of nitrogens with one attached hydrogen (secondary N) is 1. The summed E-state index contributed by atoms with van der Waals surface area (Å²) >= 11 is 0. The van der Waals surface area contributed by atoms with Gasteiger partial charge in [-0.3, -0.25) is 4.90 Å². The van der Waals surface area contributed by atoms with E-state index in [4.69, 9.17) is 0 Å². The maximum atomic E-state index is 3.90. The van der Waals surface area contributed by atoms with Crippen molar-refractivity contribution in [1.29, 1.82) is 0 Å². The fraction of sp³-hybridized carbons (Fsp3) is 1.00. The Bertz CT molecular complexity index is 300. The lowest BCUT2D eigenvalue weighted by molar-refractivity contribution is 0.129. The molecule has 0 spiro atoms. The smallest absolute Gasteiger partial charge is 0.0597 e. The van der Waals surface area contributed by atoms with Crippen molar-refractivity contribution in [2.24, 2.45) is 17.8 Å². The van der Waals surface area contributed by atoms with Crippen LogP contribution in [0.2, 0.25) is 0 Å². The summed E-state index contributed by atoms with van der Waals surface area (Å²) in [4.78, 5) is 2.64. The number of rotatable bonds is 16. The molecule has 1 N–H and O–H groups in total. The normalized spacial score (nSPS) is 19.0. The van der Waals surface area contributed by atoms with Crippen molar-refractivity contribution in [3.8, 4) is 0 Å². The predicted octanol–water partition coefficient (Wildman–Crippen LogP) is 6.46. The summed E-state index contributed by atoms with van der Waals surface area (Å²) in [6.07, 6.45) is 17.3. The van der Waals surface area contributed by atoms with Crippen molar-refractivity contribution >= 4 is 0 Å². The Kier molecular flexibility index (Phi) is 12.9. The van der Waals surface area contributed by atoms with Crippen molar-refractivity contribution in [1.82, 2.24) is 10.2 Å². The first kappa shape index (κ1) is 23.0. The van der Waals surface area contributed by atoms with Crippen LogP contribution in [-0.4, -0.2) is 31.2 Å². The van der Waals surface area contributed by atoms with Gasteiger partial charge in [-0.25, -0.2) is 0 Å². The molecule has 2 nitrogen and oxygen atoms in total. The lowest BCUT2D eigenvalue weighted by atomic mass is 9.78. The molecule has 0 aromatic rings. The summed E-state index contributed by atoms with van der Waals surface area (Å²) in [6, 6.07) is 0. The first-order chi connectivity index (χ1) is 12.1. The molecule has 3 unspecified atom stereocenters. The van der Waals surface area contributed by atoms with Crippen LogP contribution in [0.15, 0.2) is 0 Å². The van der Waals surface area contributed by atoms with E-state index in [2.05, 4.69) is 45.0 Å². The molecule has 0 saturated heterocycles. The van der Waals surface area contributed by atoms with Crippen LogP contribution in [0.3, 0.4) is 0 Å². The third-order valence-corrected chi connectivity index (χ3v) is 6.53. The Balaban J connectivity index is 2.39. The van der Waals surface area contributed by atoms with E-state index in [1.807, 2.05) is 0 Å². The van der Waals surface area contributed by atoms with Crippen molar-refractivity contribution in [3.63, 3.8) is 0 Å². The maximum Gasteiger partial charge on any atom is 0.0597 e. The fourth-order valence-corrected chi connectivity index (χ4v) is 4.07. The molecule has 2 heteroatoms. The zero-order valence-corrected chi connectivity index (χ0v) is 18.2. The van der Waals surface area contributed by atoms with Gasteiger partial charge >= 0.3 is 0 Å². The SMILES string of the molecule is CCCCCCCNC(CC(C)CC)N(C)CC(CC)CC1CCC1. The van der Waals surface area contributed by atoms with Gasteiger partial charge in [-0.15, -0.1) is 0 Å². The molecule has 0 heterocycles. The molecule has 0 radical (unpaired) electrons. The third-order valence-electron chi connectivity index (χ3n) is 6.53. The average molecular weight is 353 g/mol. The Morgan fingerprint density at radius 2 is 1.72 bits per heavy atom. The number of hydrogen-bond acceptors (Lipinski definition) is 2.